The average Bonchev–Trinajstić information content (AvgIpc) is 3.10. The lowest BCUT2D eigenvalue weighted by Gasteiger charge is -2.24. The average molecular weight is 468 g/mol. The zero-order valence-corrected chi connectivity index (χ0v) is 20.1. The molecule has 2 aromatic carbocycles. The second-order valence-electron chi connectivity index (χ2n) is 9.25. The fraction of sp³-hybridized carbons (Fsp3) is 0.423. The smallest absolute Gasteiger partial charge is 0.407 e. The predicted octanol–water partition coefficient (Wildman–Crippen LogP) is 3.07. The Morgan fingerprint density at radius 1 is 0.971 bits per heavy atom. The SMILES string of the molecule is CC(C)[C@H](CC(=O)NC(CN(C)C)C(=O)O)NC(=O)OCC1c2ccccc2-c2ccccc21. The number of likely N-dealkylation sites (N-methyl/N-ethyl adjacent to an activating group) is 1. The molecule has 2 amide bonds. The molecule has 3 N–H and O–H groups in total. The van der Waals surface area contributed by atoms with E-state index in [-0.39, 0.29) is 31.4 Å². The van der Waals surface area contributed by atoms with Gasteiger partial charge in [-0.3, -0.25) is 4.79 Å². The van der Waals surface area contributed by atoms with Crippen LogP contribution < -0.4 is 10.6 Å². The Kier molecular flexibility index (Phi) is 8.28. The highest BCUT2D eigenvalue weighted by Gasteiger charge is 2.30. The molecule has 0 aliphatic heterocycles. The maximum Gasteiger partial charge on any atom is 0.407 e. The number of carboxylic acids is 1. The Morgan fingerprint density at radius 3 is 2.03 bits per heavy atom. The Labute approximate surface area is 200 Å². The zero-order chi connectivity index (χ0) is 24.8. The van der Waals surface area contributed by atoms with Crippen molar-refractivity contribution in [1.29, 1.82) is 0 Å². The van der Waals surface area contributed by atoms with Crippen LogP contribution in [0.4, 0.5) is 4.79 Å². The van der Waals surface area contributed by atoms with E-state index in [2.05, 4.69) is 34.9 Å². The predicted molar refractivity (Wildman–Crippen MR) is 130 cm³/mol. The van der Waals surface area contributed by atoms with E-state index in [1.54, 1.807) is 19.0 Å². The summed E-state index contributed by atoms with van der Waals surface area (Å²) >= 11 is 0. The molecule has 0 bridgehead atoms. The van der Waals surface area contributed by atoms with Crippen molar-refractivity contribution in [3.8, 4) is 11.1 Å². The highest BCUT2D eigenvalue weighted by molar-refractivity contribution is 5.84. The molecule has 0 radical (unpaired) electrons. The Bertz CT molecular complexity index is 991. The maximum atomic E-state index is 12.6. The lowest BCUT2D eigenvalue weighted by atomic mass is 9.98. The summed E-state index contributed by atoms with van der Waals surface area (Å²) in [4.78, 5) is 38.2. The second kappa shape index (κ2) is 11.2. The molecule has 0 spiro atoms. The Hall–Kier alpha value is -3.39. The minimum atomic E-state index is -1.10. The third-order valence-corrected chi connectivity index (χ3v) is 6.04. The van der Waals surface area contributed by atoms with Gasteiger partial charge in [-0.15, -0.1) is 0 Å². The van der Waals surface area contributed by atoms with Crippen molar-refractivity contribution in [2.24, 2.45) is 5.92 Å². The number of ether oxygens (including phenoxy) is 1. The number of carboxylic acid groups (broad SMARTS) is 1. The Morgan fingerprint density at radius 2 is 1.53 bits per heavy atom. The number of benzene rings is 2. The van der Waals surface area contributed by atoms with Crippen molar-refractivity contribution >= 4 is 18.0 Å². The van der Waals surface area contributed by atoms with Crippen molar-refractivity contribution < 1.29 is 24.2 Å². The molecule has 8 nitrogen and oxygen atoms in total. The van der Waals surface area contributed by atoms with Gasteiger partial charge in [-0.2, -0.15) is 0 Å². The molecule has 182 valence electrons. The maximum absolute atomic E-state index is 12.6. The van der Waals surface area contributed by atoms with Gasteiger partial charge in [0, 0.05) is 24.9 Å². The monoisotopic (exact) mass is 467 g/mol. The minimum absolute atomic E-state index is 0.0426. The molecular weight excluding hydrogens is 434 g/mol. The third-order valence-electron chi connectivity index (χ3n) is 6.04. The van der Waals surface area contributed by atoms with Crippen LogP contribution in [-0.2, 0) is 14.3 Å². The van der Waals surface area contributed by atoms with Gasteiger partial charge in [0.15, 0.2) is 0 Å². The van der Waals surface area contributed by atoms with Gasteiger partial charge in [-0.25, -0.2) is 9.59 Å². The van der Waals surface area contributed by atoms with Crippen LogP contribution in [0, 0.1) is 5.92 Å². The fourth-order valence-corrected chi connectivity index (χ4v) is 4.25. The summed E-state index contributed by atoms with van der Waals surface area (Å²) in [6.45, 7) is 4.13. The molecular formula is C26H33N3O5. The Balaban J connectivity index is 1.59. The summed E-state index contributed by atoms with van der Waals surface area (Å²) < 4.78 is 5.59. The van der Waals surface area contributed by atoms with E-state index in [4.69, 9.17) is 4.74 Å². The van der Waals surface area contributed by atoms with Crippen molar-refractivity contribution in [3.63, 3.8) is 0 Å². The van der Waals surface area contributed by atoms with E-state index in [1.807, 2.05) is 38.1 Å². The quantitative estimate of drug-likeness (QED) is 0.496. The van der Waals surface area contributed by atoms with Gasteiger partial charge in [0.1, 0.15) is 12.6 Å². The van der Waals surface area contributed by atoms with E-state index in [0.717, 1.165) is 22.3 Å². The molecule has 1 aliphatic rings. The van der Waals surface area contributed by atoms with Crippen LogP contribution in [0.2, 0.25) is 0 Å². The lowest BCUT2D eigenvalue weighted by Crippen LogP contribution is -2.49. The molecule has 8 heteroatoms. The van der Waals surface area contributed by atoms with Crippen LogP contribution in [0.5, 0.6) is 0 Å². The van der Waals surface area contributed by atoms with Gasteiger partial charge in [0.2, 0.25) is 5.91 Å². The molecule has 0 saturated heterocycles. The van der Waals surface area contributed by atoms with E-state index in [9.17, 15) is 19.5 Å². The molecule has 0 aromatic heterocycles. The number of carbonyl (C=O) groups is 3. The number of nitrogens with one attached hydrogen (secondary N) is 2. The zero-order valence-electron chi connectivity index (χ0n) is 20.1. The van der Waals surface area contributed by atoms with Crippen molar-refractivity contribution in [2.75, 3.05) is 27.2 Å². The number of hydrogen-bond acceptors (Lipinski definition) is 5. The highest BCUT2D eigenvalue weighted by atomic mass is 16.5. The second-order valence-corrected chi connectivity index (χ2v) is 9.25. The number of carbonyl (C=O) groups excluding carboxylic acids is 2. The van der Waals surface area contributed by atoms with Gasteiger partial charge >= 0.3 is 12.1 Å². The number of fused-ring (bicyclic) bond motifs is 3. The standard InChI is InChI=1S/C26H33N3O5/c1-16(2)22(13-24(30)27-23(25(31)32)14-29(3)4)28-26(33)34-15-21-19-11-7-5-9-17(19)18-10-6-8-12-20(18)21/h5-12,16,21-23H,13-15H2,1-4H3,(H,27,30)(H,28,33)(H,31,32)/t22-,23?/m0/s1. The number of aliphatic carboxylic acids is 1. The van der Waals surface area contributed by atoms with Crippen LogP contribution in [0.25, 0.3) is 11.1 Å². The largest absolute Gasteiger partial charge is 0.480 e. The first kappa shape index (κ1) is 25.2. The van der Waals surface area contributed by atoms with Crippen LogP contribution in [0.3, 0.4) is 0 Å². The number of amides is 2. The summed E-state index contributed by atoms with van der Waals surface area (Å²) in [5.41, 5.74) is 4.54. The van der Waals surface area contributed by atoms with Crippen LogP contribution >= 0.6 is 0 Å². The minimum Gasteiger partial charge on any atom is -0.480 e. The van der Waals surface area contributed by atoms with Crippen molar-refractivity contribution in [2.45, 2.75) is 38.3 Å². The van der Waals surface area contributed by atoms with E-state index in [1.165, 1.54) is 0 Å². The topological polar surface area (TPSA) is 108 Å². The van der Waals surface area contributed by atoms with Crippen molar-refractivity contribution in [1.82, 2.24) is 15.5 Å². The number of nitrogens with zero attached hydrogens (tertiary/aromatic N) is 1. The molecule has 1 aliphatic carbocycles. The molecule has 0 fully saturated rings. The third kappa shape index (κ3) is 6.14. The van der Waals surface area contributed by atoms with E-state index in [0.29, 0.717) is 0 Å². The first-order chi connectivity index (χ1) is 16.2. The molecule has 1 unspecified atom stereocenters. The summed E-state index contributed by atoms with van der Waals surface area (Å²) in [6, 6.07) is 14.7. The summed E-state index contributed by atoms with van der Waals surface area (Å²) in [5, 5.41) is 14.7. The number of rotatable bonds is 10. The van der Waals surface area contributed by atoms with Crippen LogP contribution in [0.15, 0.2) is 48.5 Å². The highest BCUT2D eigenvalue weighted by Crippen LogP contribution is 2.44. The molecule has 2 aromatic rings. The number of hydrogen-bond donors (Lipinski definition) is 3. The van der Waals surface area contributed by atoms with Gasteiger partial charge in [0.25, 0.3) is 0 Å². The molecule has 2 atom stereocenters. The van der Waals surface area contributed by atoms with Gasteiger partial charge in [0.05, 0.1) is 0 Å². The molecule has 34 heavy (non-hydrogen) atoms. The first-order valence-electron chi connectivity index (χ1n) is 11.5. The molecule has 0 heterocycles. The van der Waals surface area contributed by atoms with Gasteiger partial charge in [-0.05, 0) is 42.3 Å². The van der Waals surface area contributed by atoms with Crippen LogP contribution in [0.1, 0.15) is 37.3 Å². The van der Waals surface area contributed by atoms with Crippen LogP contribution in [-0.4, -0.2) is 67.3 Å². The summed E-state index contributed by atoms with van der Waals surface area (Å²) in [6.07, 6.45) is -0.643. The molecule has 0 saturated carbocycles. The van der Waals surface area contributed by atoms with Gasteiger partial charge < -0.3 is 25.4 Å². The summed E-state index contributed by atoms with van der Waals surface area (Å²) in [7, 11) is 3.47. The fourth-order valence-electron chi connectivity index (χ4n) is 4.25. The van der Waals surface area contributed by atoms with E-state index < -0.39 is 30.1 Å². The lowest BCUT2D eigenvalue weighted by molar-refractivity contribution is -0.142. The van der Waals surface area contributed by atoms with E-state index >= 15 is 0 Å². The number of alkyl carbamates (subject to hydrolysis) is 1. The summed E-state index contributed by atoms with van der Waals surface area (Å²) in [5.74, 6) is -1.65. The first-order valence-corrected chi connectivity index (χ1v) is 11.5. The van der Waals surface area contributed by atoms with Crippen molar-refractivity contribution in [3.05, 3.63) is 59.7 Å². The van der Waals surface area contributed by atoms with Gasteiger partial charge in [-0.1, -0.05) is 62.4 Å². The normalized spacial score (nSPS) is 14.3. The molecule has 3 rings (SSSR count).